The van der Waals surface area contributed by atoms with Crippen LogP contribution in [-0.4, -0.2) is 13.1 Å². The second-order valence-corrected chi connectivity index (χ2v) is 4.59. The standard InChI is InChI=1S/C13H14O3/c1-15-11-4-2-3-10(7-11)13-6-5-9(8-13)12(14)16-13/h2-4,7,9H,5-6,8H2,1H3/t9-,13+/m0/s1. The van der Waals surface area contributed by atoms with Gasteiger partial charge in [-0.3, -0.25) is 4.79 Å². The molecule has 1 aromatic rings. The predicted octanol–water partition coefficient (Wildman–Crippen LogP) is 2.25. The van der Waals surface area contributed by atoms with Gasteiger partial charge in [0, 0.05) is 6.42 Å². The molecule has 16 heavy (non-hydrogen) atoms. The van der Waals surface area contributed by atoms with Crippen LogP contribution in [0.4, 0.5) is 0 Å². The summed E-state index contributed by atoms with van der Waals surface area (Å²) in [6, 6.07) is 7.84. The molecule has 2 fully saturated rings. The van der Waals surface area contributed by atoms with E-state index in [4.69, 9.17) is 9.47 Å². The lowest BCUT2D eigenvalue weighted by atomic mass is 9.92. The average Bonchev–Trinajstić information content (AvgIpc) is 2.87. The first-order valence-corrected chi connectivity index (χ1v) is 5.61. The minimum absolute atomic E-state index is 0.0333. The topological polar surface area (TPSA) is 35.5 Å². The molecule has 1 saturated heterocycles. The minimum atomic E-state index is -0.365. The third-order valence-electron chi connectivity index (χ3n) is 3.70. The summed E-state index contributed by atoms with van der Waals surface area (Å²) in [7, 11) is 1.65. The summed E-state index contributed by atoms with van der Waals surface area (Å²) >= 11 is 0. The molecule has 1 aliphatic heterocycles. The Morgan fingerprint density at radius 1 is 1.50 bits per heavy atom. The van der Waals surface area contributed by atoms with Gasteiger partial charge < -0.3 is 9.47 Å². The fourth-order valence-electron chi connectivity index (χ4n) is 2.81. The third kappa shape index (κ3) is 1.24. The van der Waals surface area contributed by atoms with Gasteiger partial charge in [-0.25, -0.2) is 0 Å². The van der Waals surface area contributed by atoms with Crippen LogP contribution in [0.2, 0.25) is 0 Å². The Kier molecular flexibility index (Phi) is 1.96. The molecule has 3 nitrogen and oxygen atoms in total. The SMILES string of the molecule is COc1cccc([C@@]23CC[C@@H](C2)C(=O)O3)c1. The van der Waals surface area contributed by atoms with Crippen molar-refractivity contribution in [2.45, 2.75) is 24.9 Å². The first-order valence-electron chi connectivity index (χ1n) is 5.61. The molecule has 0 radical (unpaired) electrons. The van der Waals surface area contributed by atoms with E-state index in [1.165, 1.54) is 0 Å². The van der Waals surface area contributed by atoms with Gasteiger partial charge in [0.1, 0.15) is 11.4 Å². The summed E-state index contributed by atoms with van der Waals surface area (Å²) in [6.45, 7) is 0. The van der Waals surface area contributed by atoms with Crippen molar-refractivity contribution in [3.05, 3.63) is 29.8 Å². The molecule has 1 heterocycles. The quantitative estimate of drug-likeness (QED) is 0.714. The summed E-state index contributed by atoms with van der Waals surface area (Å²) < 4.78 is 10.7. The van der Waals surface area contributed by atoms with Gasteiger partial charge in [0.05, 0.1) is 13.0 Å². The zero-order valence-electron chi connectivity index (χ0n) is 9.23. The van der Waals surface area contributed by atoms with Gasteiger partial charge in [0.15, 0.2) is 0 Å². The van der Waals surface area contributed by atoms with Crippen LogP contribution in [0.15, 0.2) is 24.3 Å². The molecule has 0 N–H and O–H groups in total. The van der Waals surface area contributed by atoms with Crippen LogP contribution in [0.5, 0.6) is 5.75 Å². The van der Waals surface area contributed by atoms with Gasteiger partial charge in [0.2, 0.25) is 0 Å². The molecule has 0 aromatic heterocycles. The van der Waals surface area contributed by atoms with Crippen molar-refractivity contribution < 1.29 is 14.3 Å². The number of esters is 1. The molecular formula is C13H14O3. The van der Waals surface area contributed by atoms with Crippen LogP contribution in [0.25, 0.3) is 0 Å². The summed E-state index contributed by atoms with van der Waals surface area (Å²) in [5.41, 5.74) is 0.705. The van der Waals surface area contributed by atoms with Crippen molar-refractivity contribution in [3.63, 3.8) is 0 Å². The molecule has 1 aromatic carbocycles. The number of fused-ring (bicyclic) bond motifs is 2. The smallest absolute Gasteiger partial charge is 0.309 e. The Hall–Kier alpha value is -1.51. The first-order chi connectivity index (χ1) is 7.73. The van der Waals surface area contributed by atoms with Crippen LogP contribution in [0.3, 0.4) is 0 Å². The molecule has 3 rings (SSSR count). The van der Waals surface area contributed by atoms with Crippen molar-refractivity contribution in [1.82, 2.24) is 0 Å². The third-order valence-corrected chi connectivity index (χ3v) is 3.70. The molecule has 0 amide bonds. The lowest BCUT2D eigenvalue weighted by Crippen LogP contribution is -2.25. The molecule has 1 aliphatic carbocycles. The summed E-state index contributed by atoms with van der Waals surface area (Å²) in [4.78, 5) is 11.5. The predicted molar refractivity (Wildman–Crippen MR) is 58.1 cm³/mol. The van der Waals surface area contributed by atoms with Gasteiger partial charge in [-0.15, -0.1) is 0 Å². The van der Waals surface area contributed by atoms with Gasteiger partial charge >= 0.3 is 5.97 Å². The summed E-state index contributed by atoms with van der Waals surface area (Å²) in [6.07, 6.45) is 2.73. The van der Waals surface area contributed by atoms with Gasteiger partial charge in [0.25, 0.3) is 0 Å². The highest BCUT2D eigenvalue weighted by Crippen LogP contribution is 2.51. The van der Waals surface area contributed by atoms with Gasteiger partial charge in [-0.1, -0.05) is 12.1 Å². The molecule has 3 heteroatoms. The van der Waals surface area contributed by atoms with E-state index in [-0.39, 0.29) is 17.5 Å². The van der Waals surface area contributed by atoms with Crippen molar-refractivity contribution >= 4 is 5.97 Å². The highest BCUT2D eigenvalue weighted by Gasteiger charge is 2.53. The maximum atomic E-state index is 11.5. The maximum Gasteiger partial charge on any atom is 0.309 e. The van der Waals surface area contributed by atoms with E-state index in [1.807, 2.05) is 24.3 Å². The minimum Gasteiger partial charge on any atom is -0.497 e. The van der Waals surface area contributed by atoms with E-state index in [2.05, 4.69) is 0 Å². The summed E-state index contributed by atoms with van der Waals surface area (Å²) in [5, 5.41) is 0. The second kappa shape index (κ2) is 3.24. The lowest BCUT2D eigenvalue weighted by molar-refractivity contribution is -0.156. The fraction of sp³-hybridized carbons (Fsp3) is 0.462. The average molecular weight is 218 g/mol. The van der Waals surface area contributed by atoms with E-state index >= 15 is 0 Å². The maximum absolute atomic E-state index is 11.5. The molecule has 2 aliphatic rings. The monoisotopic (exact) mass is 218 g/mol. The number of methoxy groups -OCH3 is 1. The molecule has 2 bridgehead atoms. The molecule has 84 valence electrons. The Morgan fingerprint density at radius 2 is 2.38 bits per heavy atom. The van der Waals surface area contributed by atoms with Crippen LogP contribution in [0, 0.1) is 5.92 Å². The molecule has 1 saturated carbocycles. The number of ether oxygens (including phenoxy) is 2. The van der Waals surface area contributed by atoms with E-state index in [9.17, 15) is 4.79 Å². The number of benzene rings is 1. The van der Waals surface area contributed by atoms with Gasteiger partial charge in [-0.2, -0.15) is 0 Å². The van der Waals surface area contributed by atoms with Gasteiger partial charge in [-0.05, 0) is 30.5 Å². The Morgan fingerprint density at radius 3 is 3.00 bits per heavy atom. The van der Waals surface area contributed by atoms with Crippen LogP contribution in [-0.2, 0) is 15.1 Å². The van der Waals surface area contributed by atoms with E-state index in [0.717, 1.165) is 30.6 Å². The van der Waals surface area contributed by atoms with Crippen LogP contribution >= 0.6 is 0 Å². The number of carbonyl (C=O) groups excluding carboxylic acids is 1. The largest absolute Gasteiger partial charge is 0.497 e. The van der Waals surface area contributed by atoms with Crippen molar-refractivity contribution in [1.29, 1.82) is 0 Å². The van der Waals surface area contributed by atoms with Crippen molar-refractivity contribution in [2.24, 2.45) is 5.92 Å². The summed E-state index contributed by atoms with van der Waals surface area (Å²) in [5.74, 6) is 0.901. The Labute approximate surface area is 94.4 Å². The number of hydrogen-bond donors (Lipinski definition) is 0. The zero-order chi connectivity index (χ0) is 11.2. The molecular weight excluding hydrogens is 204 g/mol. The first kappa shape index (κ1) is 9.70. The number of carbonyl (C=O) groups is 1. The number of rotatable bonds is 2. The van der Waals surface area contributed by atoms with Crippen molar-refractivity contribution in [2.75, 3.05) is 7.11 Å². The molecule has 0 unspecified atom stereocenters. The lowest BCUT2D eigenvalue weighted by Gasteiger charge is -2.27. The fourth-order valence-corrected chi connectivity index (χ4v) is 2.81. The van der Waals surface area contributed by atoms with E-state index in [0.29, 0.717) is 0 Å². The van der Waals surface area contributed by atoms with Crippen LogP contribution in [0.1, 0.15) is 24.8 Å². The number of hydrogen-bond acceptors (Lipinski definition) is 3. The molecule has 0 spiro atoms. The normalized spacial score (nSPS) is 31.6. The Balaban J connectivity index is 2.00. The van der Waals surface area contributed by atoms with E-state index in [1.54, 1.807) is 7.11 Å². The highest BCUT2D eigenvalue weighted by atomic mass is 16.6. The second-order valence-electron chi connectivity index (χ2n) is 4.59. The Bertz CT molecular complexity index is 441. The zero-order valence-corrected chi connectivity index (χ0v) is 9.23. The highest BCUT2D eigenvalue weighted by molar-refractivity contribution is 5.77. The van der Waals surface area contributed by atoms with E-state index < -0.39 is 0 Å². The van der Waals surface area contributed by atoms with Crippen molar-refractivity contribution in [3.8, 4) is 5.75 Å². The van der Waals surface area contributed by atoms with Crippen LogP contribution < -0.4 is 4.74 Å². The molecule has 2 atom stereocenters.